The number of hydrogen-bond donors (Lipinski definition) is 2. The van der Waals surface area contributed by atoms with Crippen LogP contribution in [0.3, 0.4) is 0 Å². The summed E-state index contributed by atoms with van der Waals surface area (Å²) in [5.41, 5.74) is 2.30. The molecule has 0 unspecified atom stereocenters. The Morgan fingerprint density at radius 3 is 2.42 bits per heavy atom. The van der Waals surface area contributed by atoms with Crippen molar-refractivity contribution in [1.29, 1.82) is 0 Å². The Morgan fingerprint density at radius 2 is 1.79 bits per heavy atom. The summed E-state index contributed by atoms with van der Waals surface area (Å²) < 4.78 is 1.70. The van der Waals surface area contributed by atoms with E-state index in [0.29, 0.717) is 19.0 Å². The summed E-state index contributed by atoms with van der Waals surface area (Å²) in [6, 6.07) is 13.5. The van der Waals surface area contributed by atoms with E-state index in [-0.39, 0.29) is 5.56 Å². The average molecular weight is 326 g/mol. The van der Waals surface area contributed by atoms with Gasteiger partial charge in [0.05, 0.1) is 6.54 Å². The maximum Gasteiger partial charge on any atom is 0.250 e. The van der Waals surface area contributed by atoms with E-state index in [1.807, 2.05) is 12.3 Å². The Balaban J connectivity index is 1.90. The van der Waals surface area contributed by atoms with Gasteiger partial charge in [0.1, 0.15) is 0 Å². The maximum atomic E-state index is 11.7. The molecule has 5 nitrogen and oxygen atoms in total. The predicted octanol–water partition coefficient (Wildman–Crippen LogP) is 2.22. The molecule has 1 heterocycles. The minimum Gasteiger partial charge on any atom is -0.356 e. The van der Waals surface area contributed by atoms with Crippen molar-refractivity contribution >= 4 is 5.96 Å². The second kappa shape index (κ2) is 8.91. The van der Waals surface area contributed by atoms with E-state index in [9.17, 15) is 4.79 Å². The molecule has 2 N–H and O–H groups in total. The van der Waals surface area contributed by atoms with Crippen LogP contribution in [-0.4, -0.2) is 24.1 Å². The van der Waals surface area contributed by atoms with Crippen LogP contribution in [0, 0.1) is 5.92 Å². The van der Waals surface area contributed by atoms with Gasteiger partial charge in [-0.25, -0.2) is 0 Å². The number of guanidine groups is 1. The van der Waals surface area contributed by atoms with Crippen LogP contribution in [0.25, 0.3) is 0 Å². The first-order chi connectivity index (χ1) is 11.6. The van der Waals surface area contributed by atoms with Crippen molar-refractivity contribution in [2.24, 2.45) is 10.9 Å². The summed E-state index contributed by atoms with van der Waals surface area (Å²) in [6.45, 7) is 6.52. The van der Waals surface area contributed by atoms with Crippen LogP contribution in [0.15, 0.2) is 58.4 Å². The molecule has 2 aromatic rings. The van der Waals surface area contributed by atoms with Gasteiger partial charge in [-0.1, -0.05) is 44.2 Å². The minimum absolute atomic E-state index is 0.0169. The largest absolute Gasteiger partial charge is 0.356 e. The number of nitrogens with zero attached hydrogens (tertiary/aromatic N) is 2. The van der Waals surface area contributed by atoms with Gasteiger partial charge in [0.25, 0.3) is 5.56 Å². The van der Waals surface area contributed by atoms with Crippen LogP contribution < -0.4 is 16.2 Å². The van der Waals surface area contributed by atoms with Crippen molar-refractivity contribution in [1.82, 2.24) is 15.2 Å². The molecule has 0 spiro atoms. The van der Waals surface area contributed by atoms with E-state index in [2.05, 4.69) is 53.7 Å². The molecular formula is C19H26N4O. The van der Waals surface area contributed by atoms with Crippen molar-refractivity contribution in [3.05, 3.63) is 70.1 Å². The molecule has 0 radical (unpaired) electrons. The molecule has 1 aromatic heterocycles. The SMILES string of the molecule is CN=C(NCc1ccc(Cn2ccccc2=O)cc1)NCC(C)C. The molecule has 1 aromatic carbocycles. The quantitative estimate of drug-likeness (QED) is 0.632. The fourth-order valence-electron chi connectivity index (χ4n) is 2.26. The van der Waals surface area contributed by atoms with Gasteiger partial charge in [0.2, 0.25) is 0 Å². The van der Waals surface area contributed by atoms with Crippen LogP contribution in [0.5, 0.6) is 0 Å². The van der Waals surface area contributed by atoms with E-state index < -0.39 is 0 Å². The standard InChI is InChI=1S/C19H26N4O/c1-15(2)12-21-19(20-3)22-13-16-7-9-17(10-8-16)14-23-11-5-4-6-18(23)24/h4-11,15H,12-14H2,1-3H3,(H2,20,21,22). The van der Waals surface area contributed by atoms with Crippen LogP contribution in [0.4, 0.5) is 0 Å². The first-order valence-corrected chi connectivity index (χ1v) is 8.26. The smallest absolute Gasteiger partial charge is 0.250 e. The second-order valence-corrected chi connectivity index (χ2v) is 6.18. The number of hydrogen-bond acceptors (Lipinski definition) is 2. The molecule has 0 aliphatic carbocycles. The number of pyridine rings is 1. The molecule has 0 fully saturated rings. The average Bonchev–Trinajstić information content (AvgIpc) is 2.58. The van der Waals surface area contributed by atoms with Crippen LogP contribution in [0.1, 0.15) is 25.0 Å². The van der Waals surface area contributed by atoms with Gasteiger partial charge < -0.3 is 15.2 Å². The zero-order valence-corrected chi connectivity index (χ0v) is 14.6. The number of nitrogens with one attached hydrogen (secondary N) is 2. The van der Waals surface area contributed by atoms with Gasteiger partial charge in [-0.3, -0.25) is 9.79 Å². The van der Waals surface area contributed by atoms with Gasteiger partial charge in [-0.15, -0.1) is 0 Å². The number of rotatable bonds is 6. The summed E-state index contributed by atoms with van der Waals surface area (Å²) in [6.07, 6.45) is 1.81. The molecule has 0 amide bonds. The van der Waals surface area contributed by atoms with Crippen molar-refractivity contribution in [3.8, 4) is 0 Å². The molecule has 0 saturated carbocycles. The Kier molecular flexibility index (Phi) is 6.61. The van der Waals surface area contributed by atoms with Crippen molar-refractivity contribution in [2.45, 2.75) is 26.9 Å². The molecule has 24 heavy (non-hydrogen) atoms. The Bertz CT molecular complexity index is 717. The van der Waals surface area contributed by atoms with E-state index in [0.717, 1.165) is 18.1 Å². The van der Waals surface area contributed by atoms with Crippen molar-refractivity contribution in [2.75, 3.05) is 13.6 Å². The molecule has 0 aliphatic rings. The first-order valence-electron chi connectivity index (χ1n) is 8.26. The molecule has 0 aliphatic heterocycles. The maximum absolute atomic E-state index is 11.7. The fourth-order valence-corrected chi connectivity index (χ4v) is 2.26. The Labute approximate surface area is 143 Å². The highest BCUT2D eigenvalue weighted by Crippen LogP contribution is 2.05. The van der Waals surface area contributed by atoms with Gasteiger partial charge in [-0.2, -0.15) is 0 Å². The topological polar surface area (TPSA) is 58.4 Å². The lowest BCUT2D eigenvalue weighted by Gasteiger charge is -2.13. The molecular weight excluding hydrogens is 300 g/mol. The third-order valence-corrected chi connectivity index (χ3v) is 3.64. The van der Waals surface area contributed by atoms with Gasteiger partial charge in [0.15, 0.2) is 5.96 Å². The van der Waals surface area contributed by atoms with Gasteiger partial charge in [-0.05, 0) is 23.1 Å². The summed E-state index contributed by atoms with van der Waals surface area (Å²) in [4.78, 5) is 16.0. The monoisotopic (exact) mass is 326 g/mol. The van der Waals surface area contributed by atoms with Crippen molar-refractivity contribution < 1.29 is 0 Å². The minimum atomic E-state index is 0.0169. The third kappa shape index (κ3) is 5.57. The third-order valence-electron chi connectivity index (χ3n) is 3.64. The lowest BCUT2D eigenvalue weighted by Crippen LogP contribution is -2.38. The van der Waals surface area contributed by atoms with Gasteiger partial charge >= 0.3 is 0 Å². The Morgan fingerprint density at radius 1 is 1.08 bits per heavy atom. The second-order valence-electron chi connectivity index (χ2n) is 6.18. The lowest BCUT2D eigenvalue weighted by atomic mass is 10.1. The Hall–Kier alpha value is -2.56. The molecule has 2 rings (SSSR count). The molecule has 0 saturated heterocycles. The highest BCUT2D eigenvalue weighted by atomic mass is 16.1. The zero-order valence-electron chi connectivity index (χ0n) is 14.6. The van der Waals surface area contributed by atoms with E-state index >= 15 is 0 Å². The number of benzene rings is 1. The number of aliphatic imine (C=N–C) groups is 1. The highest BCUT2D eigenvalue weighted by Gasteiger charge is 2.01. The van der Waals surface area contributed by atoms with Crippen molar-refractivity contribution in [3.63, 3.8) is 0 Å². The fraction of sp³-hybridized carbons (Fsp3) is 0.368. The zero-order chi connectivity index (χ0) is 17.4. The predicted molar refractivity (Wildman–Crippen MR) is 99.3 cm³/mol. The normalized spacial score (nSPS) is 11.6. The van der Waals surface area contributed by atoms with Crippen LogP contribution in [-0.2, 0) is 13.1 Å². The molecule has 0 bridgehead atoms. The lowest BCUT2D eigenvalue weighted by molar-refractivity contribution is 0.614. The van der Waals surface area contributed by atoms with E-state index in [1.54, 1.807) is 23.7 Å². The highest BCUT2D eigenvalue weighted by molar-refractivity contribution is 5.79. The molecule has 5 heteroatoms. The van der Waals surface area contributed by atoms with Crippen LogP contribution >= 0.6 is 0 Å². The van der Waals surface area contributed by atoms with E-state index in [1.165, 1.54) is 5.56 Å². The number of aromatic nitrogens is 1. The van der Waals surface area contributed by atoms with E-state index in [4.69, 9.17) is 0 Å². The molecule has 128 valence electrons. The summed E-state index contributed by atoms with van der Waals surface area (Å²) in [5, 5.41) is 6.59. The van der Waals surface area contributed by atoms with Gasteiger partial charge in [0, 0.05) is 32.4 Å². The molecule has 0 atom stereocenters. The first kappa shape index (κ1) is 17.8. The summed E-state index contributed by atoms with van der Waals surface area (Å²) in [5.74, 6) is 1.38. The summed E-state index contributed by atoms with van der Waals surface area (Å²) in [7, 11) is 1.77. The summed E-state index contributed by atoms with van der Waals surface area (Å²) >= 11 is 0. The van der Waals surface area contributed by atoms with Crippen LogP contribution in [0.2, 0.25) is 0 Å².